The molecule has 1 rings (SSSR count). The summed E-state index contributed by atoms with van der Waals surface area (Å²) in [7, 11) is -1.90. The van der Waals surface area contributed by atoms with Crippen LogP contribution in [0.2, 0.25) is 0 Å². The lowest BCUT2D eigenvalue weighted by Crippen LogP contribution is -2.47. The molecule has 0 aromatic rings. The van der Waals surface area contributed by atoms with Crippen molar-refractivity contribution >= 4 is 21.9 Å². The molecule has 1 heterocycles. The quantitative estimate of drug-likeness (QED) is 0.743. The molecule has 19 heavy (non-hydrogen) atoms. The molecule has 1 amide bonds. The minimum absolute atomic E-state index is 0.0717. The number of likely N-dealkylation sites (N-methyl/N-ethyl adjacent to an activating group) is 1. The van der Waals surface area contributed by atoms with E-state index in [-0.39, 0.29) is 12.5 Å². The van der Waals surface area contributed by atoms with Crippen LogP contribution in [0.25, 0.3) is 0 Å². The van der Waals surface area contributed by atoms with Gasteiger partial charge in [0.25, 0.3) is 0 Å². The molecule has 1 aliphatic rings. The second kappa shape index (κ2) is 5.87. The number of hydrogen-bond acceptors (Lipinski definition) is 4. The van der Waals surface area contributed by atoms with Crippen molar-refractivity contribution in [2.24, 2.45) is 5.92 Å². The van der Waals surface area contributed by atoms with Gasteiger partial charge in [0.15, 0.2) is 0 Å². The maximum absolute atomic E-state index is 12.2. The average molecular weight is 292 g/mol. The maximum atomic E-state index is 12.2. The first-order valence-corrected chi connectivity index (χ1v) is 7.94. The number of rotatable bonds is 5. The first-order chi connectivity index (χ1) is 8.64. The Morgan fingerprint density at radius 1 is 1.47 bits per heavy atom. The van der Waals surface area contributed by atoms with Crippen LogP contribution in [0.15, 0.2) is 0 Å². The summed E-state index contributed by atoms with van der Waals surface area (Å²) in [4.78, 5) is 24.2. The van der Waals surface area contributed by atoms with Crippen LogP contribution in [-0.4, -0.2) is 67.0 Å². The van der Waals surface area contributed by atoms with E-state index in [9.17, 15) is 18.0 Å². The van der Waals surface area contributed by atoms with Gasteiger partial charge in [-0.25, -0.2) is 8.42 Å². The van der Waals surface area contributed by atoms with Crippen molar-refractivity contribution < 1.29 is 23.1 Å². The second-order valence-electron chi connectivity index (χ2n) is 4.99. The number of carboxylic acids is 1. The molecule has 0 aliphatic carbocycles. The van der Waals surface area contributed by atoms with Gasteiger partial charge in [-0.2, -0.15) is 4.31 Å². The molecule has 1 N–H and O–H groups in total. The fourth-order valence-electron chi connectivity index (χ4n) is 2.22. The van der Waals surface area contributed by atoms with E-state index < -0.39 is 28.0 Å². The van der Waals surface area contributed by atoms with Gasteiger partial charge in [-0.3, -0.25) is 9.59 Å². The van der Waals surface area contributed by atoms with Gasteiger partial charge in [0.2, 0.25) is 15.9 Å². The third-order valence-corrected chi connectivity index (χ3v) is 4.55. The monoisotopic (exact) mass is 292 g/mol. The molecule has 2 atom stereocenters. The Hall–Kier alpha value is -1.15. The van der Waals surface area contributed by atoms with E-state index in [4.69, 9.17) is 5.11 Å². The van der Waals surface area contributed by atoms with Gasteiger partial charge in [-0.1, -0.05) is 6.92 Å². The highest BCUT2D eigenvalue weighted by molar-refractivity contribution is 7.88. The van der Waals surface area contributed by atoms with E-state index in [2.05, 4.69) is 0 Å². The van der Waals surface area contributed by atoms with Gasteiger partial charge in [0.1, 0.15) is 6.04 Å². The molecule has 0 unspecified atom stereocenters. The minimum Gasteiger partial charge on any atom is -0.481 e. The zero-order chi connectivity index (χ0) is 14.8. The first kappa shape index (κ1) is 15.9. The molecule has 0 bridgehead atoms. The lowest BCUT2D eigenvalue weighted by Gasteiger charge is -2.27. The van der Waals surface area contributed by atoms with E-state index in [1.807, 2.05) is 0 Å². The van der Waals surface area contributed by atoms with Gasteiger partial charge in [-0.15, -0.1) is 0 Å². The molecule has 0 spiro atoms. The Balaban J connectivity index is 2.74. The predicted octanol–water partition coefficient (Wildman–Crippen LogP) is -0.410. The molecule has 0 aromatic carbocycles. The van der Waals surface area contributed by atoms with E-state index in [1.165, 1.54) is 23.2 Å². The third-order valence-electron chi connectivity index (χ3n) is 3.26. The Bertz CT molecular complexity index is 462. The topological polar surface area (TPSA) is 95.0 Å². The molecule has 0 saturated carbocycles. The molecular formula is C11H20N2O5S. The highest BCUT2D eigenvalue weighted by Crippen LogP contribution is 2.22. The van der Waals surface area contributed by atoms with Crippen LogP contribution in [0.5, 0.6) is 0 Å². The summed E-state index contributed by atoms with van der Waals surface area (Å²) < 4.78 is 24.3. The molecule has 0 radical (unpaired) electrons. The summed E-state index contributed by atoms with van der Waals surface area (Å²) >= 11 is 0. The minimum atomic E-state index is -3.41. The largest absolute Gasteiger partial charge is 0.481 e. The normalized spacial score (nSPS) is 22.2. The number of hydrogen-bond donors (Lipinski definition) is 1. The highest BCUT2D eigenvalue weighted by atomic mass is 32.2. The smallest absolute Gasteiger partial charge is 0.308 e. The molecule has 8 heteroatoms. The van der Waals surface area contributed by atoms with Crippen LogP contribution in [0.4, 0.5) is 0 Å². The van der Waals surface area contributed by atoms with Crippen molar-refractivity contribution in [2.45, 2.75) is 25.8 Å². The number of carbonyl (C=O) groups is 2. The lowest BCUT2D eigenvalue weighted by atomic mass is 10.1. The molecule has 1 saturated heterocycles. The molecule has 1 fully saturated rings. The Morgan fingerprint density at radius 2 is 2.05 bits per heavy atom. The second-order valence-corrected chi connectivity index (χ2v) is 6.92. The van der Waals surface area contributed by atoms with Crippen LogP contribution in [-0.2, 0) is 19.6 Å². The number of carboxylic acid groups (broad SMARTS) is 1. The van der Waals surface area contributed by atoms with Crippen molar-refractivity contribution in [3.05, 3.63) is 0 Å². The van der Waals surface area contributed by atoms with E-state index in [0.29, 0.717) is 19.4 Å². The summed E-state index contributed by atoms with van der Waals surface area (Å²) in [5, 5.41) is 8.81. The number of nitrogens with zero attached hydrogens (tertiary/aromatic N) is 2. The fourth-order valence-corrected chi connectivity index (χ4v) is 3.34. The number of amides is 1. The van der Waals surface area contributed by atoms with Crippen LogP contribution in [0.3, 0.4) is 0 Å². The summed E-state index contributed by atoms with van der Waals surface area (Å²) in [6.07, 6.45) is 2.21. The van der Waals surface area contributed by atoms with Gasteiger partial charge < -0.3 is 10.0 Å². The van der Waals surface area contributed by atoms with Gasteiger partial charge in [0.05, 0.1) is 12.2 Å². The predicted molar refractivity (Wildman–Crippen MR) is 69.0 cm³/mol. The van der Waals surface area contributed by atoms with Crippen LogP contribution >= 0.6 is 0 Å². The van der Waals surface area contributed by atoms with Crippen molar-refractivity contribution in [3.63, 3.8) is 0 Å². The molecular weight excluding hydrogens is 272 g/mol. The Kier molecular flexibility index (Phi) is 4.92. The third kappa shape index (κ3) is 3.90. The van der Waals surface area contributed by atoms with Gasteiger partial charge in [0, 0.05) is 20.1 Å². The lowest BCUT2D eigenvalue weighted by molar-refractivity contribution is -0.143. The van der Waals surface area contributed by atoms with E-state index >= 15 is 0 Å². The van der Waals surface area contributed by atoms with Crippen LogP contribution in [0.1, 0.15) is 19.8 Å². The summed E-state index contributed by atoms with van der Waals surface area (Å²) in [6.45, 7) is 1.93. The van der Waals surface area contributed by atoms with E-state index in [0.717, 1.165) is 6.26 Å². The van der Waals surface area contributed by atoms with Crippen molar-refractivity contribution in [3.8, 4) is 0 Å². The summed E-state index contributed by atoms with van der Waals surface area (Å²) in [5.41, 5.74) is 0. The maximum Gasteiger partial charge on any atom is 0.308 e. The number of sulfonamides is 1. The van der Waals surface area contributed by atoms with E-state index in [1.54, 1.807) is 0 Å². The molecule has 7 nitrogen and oxygen atoms in total. The standard InChI is InChI=1S/C11H20N2O5S/c1-8(11(15)16)7-12(2)10(14)9-5-4-6-13(9)19(3,17)18/h8-9H,4-7H2,1-3H3,(H,15,16)/t8-,9-/m0/s1. The van der Waals surface area contributed by atoms with Crippen LogP contribution < -0.4 is 0 Å². The highest BCUT2D eigenvalue weighted by Gasteiger charge is 2.38. The summed E-state index contributed by atoms with van der Waals surface area (Å²) in [6, 6.07) is -0.694. The Labute approximate surface area is 113 Å². The van der Waals surface area contributed by atoms with Crippen molar-refractivity contribution in [2.75, 3.05) is 26.4 Å². The first-order valence-electron chi connectivity index (χ1n) is 6.09. The SMILES string of the molecule is C[C@@H](CN(C)C(=O)[C@@H]1CCCN1S(C)(=O)=O)C(=O)O. The van der Waals surface area contributed by atoms with Crippen molar-refractivity contribution in [1.29, 1.82) is 0 Å². The molecule has 1 aliphatic heterocycles. The van der Waals surface area contributed by atoms with Crippen molar-refractivity contribution in [1.82, 2.24) is 9.21 Å². The average Bonchev–Trinajstić information content (AvgIpc) is 2.75. The fraction of sp³-hybridized carbons (Fsp3) is 0.818. The molecule has 0 aromatic heterocycles. The Morgan fingerprint density at radius 3 is 2.53 bits per heavy atom. The zero-order valence-electron chi connectivity index (χ0n) is 11.4. The molecule has 110 valence electrons. The van der Waals surface area contributed by atoms with Crippen LogP contribution in [0, 0.1) is 5.92 Å². The summed E-state index contributed by atoms with van der Waals surface area (Å²) in [5.74, 6) is -2.00. The van der Waals surface area contributed by atoms with Gasteiger partial charge >= 0.3 is 5.97 Å². The number of carbonyl (C=O) groups excluding carboxylic acids is 1. The number of aliphatic carboxylic acids is 1. The van der Waals surface area contributed by atoms with Gasteiger partial charge in [-0.05, 0) is 12.8 Å². The zero-order valence-corrected chi connectivity index (χ0v) is 12.2.